The number of hydrogen-bond acceptors (Lipinski definition) is 3. The molecule has 98 valence electrons. The molecule has 1 rings (SSSR count). The molecule has 5 heteroatoms. The first-order valence-corrected chi connectivity index (χ1v) is 6.00. The quantitative estimate of drug-likeness (QED) is 0.350. The molecule has 0 aromatic heterocycles. The Morgan fingerprint density at radius 3 is 2.56 bits per heavy atom. The molecular formula is C13H19N3O2. The number of benzene rings is 1. The zero-order valence-corrected chi connectivity index (χ0v) is 10.5. The van der Waals surface area contributed by atoms with Gasteiger partial charge in [-0.15, -0.1) is 0 Å². The summed E-state index contributed by atoms with van der Waals surface area (Å²) in [6.07, 6.45) is 1.64. The highest BCUT2D eigenvalue weighted by Gasteiger charge is 2.14. The fraction of sp³-hybridized carbons (Fsp3) is 0.385. The van der Waals surface area contributed by atoms with Gasteiger partial charge in [0.15, 0.2) is 0 Å². The van der Waals surface area contributed by atoms with E-state index in [-0.39, 0.29) is 11.7 Å². The molecule has 1 aromatic carbocycles. The van der Waals surface area contributed by atoms with Crippen molar-refractivity contribution >= 4 is 17.4 Å². The summed E-state index contributed by atoms with van der Waals surface area (Å²) in [6.45, 7) is 2.38. The molecule has 0 saturated carbocycles. The molecule has 0 aliphatic rings. The number of oxime groups is 1. The number of amides is 1. The van der Waals surface area contributed by atoms with Crippen LogP contribution in [0.3, 0.4) is 0 Å². The number of carbonyl (C=O) groups is 1. The Bertz CT molecular complexity index is 404. The highest BCUT2D eigenvalue weighted by atomic mass is 16.4. The van der Waals surface area contributed by atoms with Crippen LogP contribution < -0.4 is 10.6 Å². The molecule has 0 radical (unpaired) electrons. The minimum Gasteiger partial charge on any atom is -0.409 e. The molecule has 0 atom stereocenters. The topological polar surface area (TPSA) is 78.9 Å². The van der Waals surface area contributed by atoms with Crippen LogP contribution in [0, 0.1) is 0 Å². The summed E-state index contributed by atoms with van der Waals surface area (Å²) in [4.78, 5) is 13.7. The van der Waals surface area contributed by atoms with E-state index in [1.807, 2.05) is 37.3 Å². The summed E-state index contributed by atoms with van der Waals surface area (Å²) in [5, 5.41) is 11.4. The van der Waals surface area contributed by atoms with Crippen molar-refractivity contribution in [1.82, 2.24) is 0 Å². The van der Waals surface area contributed by atoms with Gasteiger partial charge in [-0.2, -0.15) is 0 Å². The molecule has 5 nitrogen and oxygen atoms in total. The third-order valence-electron chi connectivity index (χ3n) is 2.55. The Labute approximate surface area is 107 Å². The number of rotatable bonds is 6. The standard InChI is InChI=1S/C13H19N3O2/c1-2-6-13(17)16(10-9-12(14)15-18)11-7-4-3-5-8-11/h3-5,7-8,18H,2,6,9-10H2,1H3,(H2,14,15). The maximum atomic E-state index is 12.0. The number of nitrogens with zero attached hydrogens (tertiary/aromatic N) is 2. The van der Waals surface area contributed by atoms with Crippen molar-refractivity contribution < 1.29 is 10.0 Å². The molecule has 0 aliphatic carbocycles. The van der Waals surface area contributed by atoms with E-state index < -0.39 is 0 Å². The molecule has 0 fully saturated rings. The first-order valence-electron chi connectivity index (χ1n) is 6.00. The zero-order valence-electron chi connectivity index (χ0n) is 10.5. The van der Waals surface area contributed by atoms with E-state index in [9.17, 15) is 4.79 Å². The van der Waals surface area contributed by atoms with Crippen LogP contribution in [0.5, 0.6) is 0 Å². The van der Waals surface area contributed by atoms with Gasteiger partial charge in [0.2, 0.25) is 5.91 Å². The number of hydrogen-bond donors (Lipinski definition) is 2. The van der Waals surface area contributed by atoms with Gasteiger partial charge in [-0.3, -0.25) is 4.79 Å². The van der Waals surface area contributed by atoms with E-state index in [4.69, 9.17) is 10.9 Å². The summed E-state index contributed by atoms with van der Waals surface area (Å²) in [5.74, 6) is 0.176. The van der Waals surface area contributed by atoms with Gasteiger partial charge in [0.25, 0.3) is 0 Å². The predicted octanol–water partition coefficient (Wildman–Crippen LogP) is 1.96. The van der Waals surface area contributed by atoms with Crippen LogP contribution in [0.1, 0.15) is 26.2 Å². The summed E-state index contributed by atoms with van der Waals surface area (Å²) in [5.41, 5.74) is 6.27. The van der Waals surface area contributed by atoms with E-state index >= 15 is 0 Å². The van der Waals surface area contributed by atoms with E-state index in [0.29, 0.717) is 19.4 Å². The zero-order chi connectivity index (χ0) is 13.4. The maximum Gasteiger partial charge on any atom is 0.226 e. The molecule has 0 heterocycles. The molecule has 18 heavy (non-hydrogen) atoms. The minimum atomic E-state index is 0.0504. The lowest BCUT2D eigenvalue weighted by molar-refractivity contribution is -0.118. The molecule has 0 bridgehead atoms. The van der Waals surface area contributed by atoms with Crippen molar-refractivity contribution in [2.75, 3.05) is 11.4 Å². The minimum absolute atomic E-state index is 0.0504. The van der Waals surface area contributed by atoms with Crippen LogP contribution in [-0.2, 0) is 4.79 Å². The van der Waals surface area contributed by atoms with Crippen LogP contribution in [-0.4, -0.2) is 23.5 Å². The van der Waals surface area contributed by atoms with E-state index in [1.165, 1.54) is 0 Å². The van der Waals surface area contributed by atoms with Gasteiger partial charge in [-0.05, 0) is 18.6 Å². The second kappa shape index (κ2) is 7.32. The monoisotopic (exact) mass is 249 g/mol. The summed E-state index contributed by atoms with van der Waals surface area (Å²) < 4.78 is 0. The lowest BCUT2D eigenvalue weighted by atomic mass is 10.2. The molecule has 0 aliphatic heterocycles. The Kier molecular flexibility index (Phi) is 5.70. The van der Waals surface area contributed by atoms with Crippen molar-refractivity contribution in [3.05, 3.63) is 30.3 Å². The van der Waals surface area contributed by atoms with Crippen LogP contribution in [0.2, 0.25) is 0 Å². The van der Waals surface area contributed by atoms with Crippen LogP contribution in [0.15, 0.2) is 35.5 Å². The van der Waals surface area contributed by atoms with Crippen molar-refractivity contribution in [3.63, 3.8) is 0 Å². The lowest BCUT2D eigenvalue weighted by Gasteiger charge is -2.22. The van der Waals surface area contributed by atoms with Gasteiger partial charge in [-0.1, -0.05) is 30.3 Å². The fourth-order valence-electron chi connectivity index (χ4n) is 1.63. The SMILES string of the molecule is CCCC(=O)N(CC/C(N)=N/O)c1ccccc1. The largest absolute Gasteiger partial charge is 0.409 e. The molecule has 0 spiro atoms. The summed E-state index contributed by atoms with van der Waals surface area (Å²) in [6, 6.07) is 9.41. The molecule has 3 N–H and O–H groups in total. The van der Waals surface area contributed by atoms with Gasteiger partial charge in [0.05, 0.1) is 0 Å². The lowest BCUT2D eigenvalue weighted by Crippen LogP contribution is -2.33. The molecule has 0 unspecified atom stereocenters. The normalized spacial score (nSPS) is 11.3. The van der Waals surface area contributed by atoms with Crippen LogP contribution >= 0.6 is 0 Å². The number of amidine groups is 1. The fourth-order valence-corrected chi connectivity index (χ4v) is 1.63. The van der Waals surface area contributed by atoms with Gasteiger partial charge in [0, 0.05) is 25.1 Å². The number of anilines is 1. The Morgan fingerprint density at radius 2 is 2.00 bits per heavy atom. The number of carbonyl (C=O) groups excluding carboxylic acids is 1. The number of para-hydroxylation sites is 1. The van der Waals surface area contributed by atoms with Gasteiger partial charge >= 0.3 is 0 Å². The second-order valence-corrected chi connectivity index (χ2v) is 3.97. The smallest absolute Gasteiger partial charge is 0.226 e. The number of nitrogens with two attached hydrogens (primary N) is 1. The van der Waals surface area contributed by atoms with Crippen molar-refractivity contribution in [2.45, 2.75) is 26.2 Å². The predicted molar refractivity (Wildman–Crippen MR) is 71.7 cm³/mol. The van der Waals surface area contributed by atoms with Crippen molar-refractivity contribution in [3.8, 4) is 0 Å². The Hall–Kier alpha value is -2.04. The average Bonchev–Trinajstić information content (AvgIpc) is 2.40. The Balaban J connectivity index is 2.79. The van der Waals surface area contributed by atoms with Gasteiger partial charge in [0.1, 0.15) is 5.84 Å². The first-order chi connectivity index (χ1) is 8.69. The van der Waals surface area contributed by atoms with Gasteiger partial charge < -0.3 is 15.8 Å². The maximum absolute atomic E-state index is 12.0. The van der Waals surface area contributed by atoms with E-state index in [0.717, 1.165) is 12.1 Å². The second-order valence-electron chi connectivity index (χ2n) is 3.97. The third-order valence-corrected chi connectivity index (χ3v) is 2.55. The summed E-state index contributed by atoms with van der Waals surface area (Å²) >= 11 is 0. The van der Waals surface area contributed by atoms with Crippen LogP contribution in [0.25, 0.3) is 0 Å². The summed E-state index contributed by atoms with van der Waals surface area (Å²) in [7, 11) is 0. The van der Waals surface area contributed by atoms with Crippen LogP contribution in [0.4, 0.5) is 5.69 Å². The Morgan fingerprint density at radius 1 is 1.33 bits per heavy atom. The van der Waals surface area contributed by atoms with Crippen molar-refractivity contribution in [2.24, 2.45) is 10.9 Å². The highest BCUT2D eigenvalue weighted by Crippen LogP contribution is 2.15. The third kappa shape index (κ3) is 4.08. The van der Waals surface area contributed by atoms with Crippen molar-refractivity contribution in [1.29, 1.82) is 0 Å². The molecule has 1 amide bonds. The molecular weight excluding hydrogens is 230 g/mol. The molecule has 1 aromatic rings. The first kappa shape index (κ1) is 14.0. The average molecular weight is 249 g/mol. The molecule has 0 saturated heterocycles. The van der Waals surface area contributed by atoms with E-state index in [2.05, 4.69) is 5.16 Å². The highest BCUT2D eigenvalue weighted by molar-refractivity contribution is 5.94. The van der Waals surface area contributed by atoms with E-state index in [1.54, 1.807) is 4.90 Å². The van der Waals surface area contributed by atoms with Gasteiger partial charge in [-0.25, -0.2) is 0 Å².